The van der Waals surface area contributed by atoms with Gasteiger partial charge in [0.2, 0.25) is 0 Å². The first-order valence-corrected chi connectivity index (χ1v) is 9.77. The fourth-order valence-corrected chi connectivity index (χ4v) is 3.68. The van der Waals surface area contributed by atoms with Crippen molar-refractivity contribution in [1.29, 1.82) is 0 Å². The summed E-state index contributed by atoms with van der Waals surface area (Å²) in [4.78, 5) is 25.4. The van der Waals surface area contributed by atoms with E-state index in [4.69, 9.17) is 21.1 Å². The molecule has 1 heterocycles. The summed E-state index contributed by atoms with van der Waals surface area (Å²) in [6.45, 7) is 5.68. The van der Waals surface area contributed by atoms with E-state index < -0.39 is 11.1 Å². The number of nitrogens with one attached hydrogen (secondary N) is 2. The van der Waals surface area contributed by atoms with Gasteiger partial charge >= 0.3 is 5.97 Å². The maximum atomic E-state index is 13.2. The molecule has 0 aliphatic carbocycles. The standard InChI is InChI=1S/C22H25ClN2O4/c1-21(2,3)29-19(26)11-12-24-22(15-7-5-6-8-18(15)28-4)16-13-14(23)9-10-17(16)25-20(22)27/h5-10,13,24H,11-12H2,1-4H3,(H,25,27). The second-order valence-corrected chi connectivity index (χ2v) is 8.29. The van der Waals surface area contributed by atoms with Gasteiger partial charge in [0.15, 0.2) is 5.54 Å². The van der Waals surface area contributed by atoms with Gasteiger partial charge in [0.05, 0.1) is 13.5 Å². The Kier molecular flexibility index (Phi) is 5.87. The van der Waals surface area contributed by atoms with Crippen LogP contribution >= 0.6 is 11.6 Å². The Balaban J connectivity index is 2.00. The number of esters is 1. The SMILES string of the molecule is COc1ccccc1C1(NCCC(=O)OC(C)(C)C)C(=O)Nc2ccc(Cl)cc21. The number of anilines is 1. The Bertz CT molecular complexity index is 939. The quantitative estimate of drug-likeness (QED) is 0.699. The second-order valence-electron chi connectivity index (χ2n) is 7.86. The lowest BCUT2D eigenvalue weighted by Gasteiger charge is -2.31. The molecular weight excluding hydrogens is 392 g/mol. The van der Waals surface area contributed by atoms with E-state index >= 15 is 0 Å². The number of ether oxygens (including phenoxy) is 2. The van der Waals surface area contributed by atoms with Crippen LogP contribution < -0.4 is 15.4 Å². The highest BCUT2D eigenvalue weighted by Gasteiger charge is 2.49. The van der Waals surface area contributed by atoms with E-state index in [0.29, 0.717) is 27.6 Å². The molecule has 0 saturated heterocycles. The van der Waals surface area contributed by atoms with Crippen molar-refractivity contribution >= 4 is 29.2 Å². The Labute approximate surface area is 175 Å². The summed E-state index contributed by atoms with van der Waals surface area (Å²) in [5, 5.41) is 6.70. The predicted molar refractivity (Wildman–Crippen MR) is 112 cm³/mol. The summed E-state index contributed by atoms with van der Waals surface area (Å²) >= 11 is 6.24. The van der Waals surface area contributed by atoms with Crippen LogP contribution in [0.5, 0.6) is 5.75 Å². The minimum absolute atomic E-state index is 0.108. The molecule has 2 N–H and O–H groups in total. The number of fused-ring (bicyclic) bond motifs is 1. The van der Waals surface area contributed by atoms with Crippen LogP contribution in [0.15, 0.2) is 42.5 Å². The first-order chi connectivity index (χ1) is 13.7. The van der Waals surface area contributed by atoms with Crippen LogP contribution in [0.25, 0.3) is 0 Å². The molecule has 2 aromatic carbocycles. The molecule has 1 atom stereocenters. The zero-order valence-electron chi connectivity index (χ0n) is 17.0. The molecule has 1 aliphatic heterocycles. The number of halogens is 1. The van der Waals surface area contributed by atoms with Gasteiger partial charge in [-0.2, -0.15) is 0 Å². The summed E-state index contributed by atoms with van der Waals surface area (Å²) < 4.78 is 10.9. The van der Waals surface area contributed by atoms with Crippen LogP contribution in [0.1, 0.15) is 38.3 Å². The van der Waals surface area contributed by atoms with Crippen LogP contribution in [0.4, 0.5) is 5.69 Å². The molecule has 1 aliphatic rings. The third-order valence-corrected chi connectivity index (χ3v) is 4.86. The van der Waals surface area contributed by atoms with E-state index in [1.165, 1.54) is 0 Å². The molecular formula is C22H25ClN2O4. The number of rotatable bonds is 6. The van der Waals surface area contributed by atoms with Crippen LogP contribution in [0, 0.1) is 0 Å². The van der Waals surface area contributed by atoms with Gasteiger partial charge in [-0.3, -0.25) is 14.9 Å². The van der Waals surface area contributed by atoms with Crippen molar-refractivity contribution in [1.82, 2.24) is 5.32 Å². The summed E-state index contributed by atoms with van der Waals surface area (Å²) in [5.74, 6) is -0.0476. The monoisotopic (exact) mass is 416 g/mol. The average molecular weight is 417 g/mol. The zero-order chi connectivity index (χ0) is 21.2. The van der Waals surface area contributed by atoms with Gasteiger partial charge in [-0.1, -0.05) is 29.8 Å². The Morgan fingerprint density at radius 3 is 2.59 bits per heavy atom. The van der Waals surface area contributed by atoms with Crippen LogP contribution in [-0.2, 0) is 19.9 Å². The smallest absolute Gasteiger partial charge is 0.307 e. The molecule has 6 nitrogen and oxygen atoms in total. The van der Waals surface area contributed by atoms with Crippen LogP contribution in [-0.4, -0.2) is 31.1 Å². The summed E-state index contributed by atoms with van der Waals surface area (Å²) in [6.07, 6.45) is 0.108. The third kappa shape index (κ3) is 4.23. The number of benzene rings is 2. The number of carbonyl (C=O) groups excluding carboxylic acids is 2. The fourth-order valence-electron chi connectivity index (χ4n) is 3.51. The lowest BCUT2D eigenvalue weighted by atomic mass is 9.83. The van der Waals surface area contributed by atoms with Crippen molar-refractivity contribution in [2.75, 3.05) is 19.0 Å². The number of hydrogen-bond donors (Lipinski definition) is 2. The van der Waals surface area contributed by atoms with E-state index in [2.05, 4.69) is 10.6 Å². The second kappa shape index (κ2) is 8.05. The van der Waals surface area contributed by atoms with E-state index in [1.807, 2.05) is 39.0 Å². The molecule has 1 unspecified atom stereocenters. The molecule has 0 fully saturated rings. The first-order valence-electron chi connectivity index (χ1n) is 9.39. The number of methoxy groups -OCH3 is 1. The fraction of sp³-hybridized carbons (Fsp3) is 0.364. The maximum Gasteiger partial charge on any atom is 0.307 e. The van der Waals surface area contributed by atoms with Gasteiger partial charge < -0.3 is 14.8 Å². The minimum atomic E-state index is -1.24. The maximum absolute atomic E-state index is 13.2. The van der Waals surface area contributed by atoms with Gasteiger partial charge in [0.25, 0.3) is 5.91 Å². The van der Waals surface area contributed by atoms with Crippen LogP contribution in [0.2, 0.25) is 5.02 Å². The van der Waals surface area contributed by atoms with Gasteiger partial charge in [-0.25, -0.2) is 0 Å². The normalized spacial score (nSPS) is 18.2. The highest BCUT2D eigenvalue weighted by molar-refractivity contribution is 6.31. The highest BCUT2D eigenvalue weighted by Crippen LogP contribution is 2.45. The largest absolute Gasteiger partial charge is 0.496 e. The molecule has 154 valence electrons. The van der Waals surface area contributed by atoms with Crippen molar-refractivity contribution in [3.63, 3.8) is 0 Å². The molecule has 7 heteroatoms. The first kappa shape index (κ1) is 21.1. The summed E-state index contributed by atoms with van der Waals surface area (Å²) in [7, 11) is 1.55. The Hall–Kier alpha value is -2.57. The topological polar surface area (TPSA) is 76.7 Å². The number of hydrogen-bond acceptors (Lipinski definition) is 5. The average Bonchev–Trinajstić information content (AvgIpc) is 2.92. The van der Waals surface area contributed by atoms with Crippen molar-refractivity contribution in [3.05, 3.63) is 58.6 Å². The van der Waals surface area contributed by atoms with Gasteiger partial charge in [0.1, 0.15) is 11.4 Å². The van der Waals surface area contributed by atoms with Crippen molar-refractivity contribution in [3.8, 4) is 5.75 Å². The van der Waals surface area contributed by atoms with Crippen molar-refractivity contribution in [2.24, 2.45) is 0 Å². The van der Waals surface area contributed by atoms with Gasteiger partial charge in [0, 0.05) is 28.4 Å². The molecule has 0 bridgehead atoms. The Morgan fingerprint density at radius 1 is 1.17 bits per heavy atom. The van der Waals surface area contributed by atoms with Gasteiger partial charge in [-0.15, -0.1) is 0 Å². The lowest BCUT2D eigenvalue weighted by molar-refractivity contribution is -0.154. The lowest BCUT2D eigenvalue weighted by Crippen LogP contribution is -2.50. The van der Waals surface area contributed by atoms with E-state index in [0.717, 1.165) is 0 Å². The van der Waals surface area contributed by atoms with E-state index in [-0.39, 0.29) is 24.8 Å². The van der Waals surface area contributed by atoms with Crippen LogP contribution in [0.3, 0.4) is 0 Å². The summed E-state index contributed by atoms with van der Waals surface area (Å²) in [6, 6.07) is 12.5. The Morgan fingerprint density at radius 2 is 1.90 bits per heavy atom. The molecule has 0 saturated carbocycles. The number of carbonyl (C=O) groups is 2. The third-order valence-electron chi connectivity index (χ3n) is 4.62. The number of para-hydroxylation sites is 1. The molecule has 0 spiro atoms. The molecule has 0 aromatic heterocycles. The highest BCUT2D eigenvalue weighted by atomic mass is 35.5. The molecule has 3 rings (SSSR count). The van der Waals surface area contributed by atoms with Gasteiger partial charge in [-0.05, 0) is 45.0 Å². The van der Waals surface area contributed by atoms with E-state index in [9.17, 15) is 9.59 Å². The number of amides is 1. The van der Waals surface area contributed by atoms with Crippen molar-refractivity contribution in [2.45, 2.75) is 38.3 Å². The minimum Gasteiger partial charge on any atom is -0.496 e. The van der Waals surface area contributed by atoms with E-state index in [1.54, 1.807) is 31.4 Å². The molecule has 1 amide bonds. The summed E-state index contributed by atoms with van der Waals surface area (Å²) in [5.41, 5.74) is 0.181. The molecule has 0 radical (unpaired) electrons. The zero-order valence-corrected chi connectivity index (χ0v) is 17.7. The van der Waals surface area contributed by atoms with Crippen molar-refractivity contribution < 1.29 is 19.1 Å². The molecule has 2 aromatic rings. The molecule has 29 heavy (non-hydrogen) atoms. The predicted octanol–water partition coefficient (Wildman–Crippen LogP) is 3.87.